The topological polar surface area (TPSA) is 83.8 Å². The second-order valence-corrected chi connectivity index (χ2v) is 11.9. The molecule has 2 aromatic heterocycles. The third-order valence-corrected chi connectivity index (χ3v) is 9.27. The summed E-state index contributed by atoms with van der Waals surface area (Å²) in [5, 5.41) is 11.9. The lowest BCUT2D eigenvalue weighted by Gasteiger charge is -2.55. The zero-order valence-corrected chi connectivity index (χ0v) is 24.2. The molecule has 4 saturated heterocycles. The Balaban J connectivity index is 0.000000283. The fraction of sp³-hybridized carbons (Fsp3) is 0.469. The van der Waals surface area contributed by atoms with Crippen LogP contribution in [0.4, 0.5) is 19.0 Å². The van der Waals surface area contributed by atoms with Gasteiger partial charge < -0.3 is 19.5 Å². The first-order valence-corrected chi connectivity index (χ1v) is 14.9. The van der Waals surface area contributed by atoms with Gasteiger partial charge in [-0.15, -0.1) is 0 Å². The van der Waals surface area contributed by atoms with E-state index < -0.39 is 12.0 Å². The summed E-state index contributed by atoms with van der Waals surface area (Å²) in [7, 11) is 1.43. The average Bonchev–Trinajstić information content (AvgIpc) is 3.53. The van der Waals surface area contributed by atoms with Gasteiger partial charge >= 0.3 is 6.01 Å². The Bertz CT molecular complexity index is 1700. The summed E-state index contributed by atoms with van der Waals surface area (Å²) in [4.78, 5) is 17.4. The van der Waals surface area contributed by atoms with E-state index >= 15 is 4.39 Å². The van der Waals surface area contributed by atoms with E-state index in [9.17, 15) is 13.9 Å². The number of aryl methyl sites for hydroxylation is 1. The van der Waals surface area contributed by atoms with Gasteiger partial charge in [0.15, 0.2) is 5.82 Å². The minimum atomic E-state index is -0.687. The molecule has 226 valence electrons. The Labute approximate surface area is 247 Å². The maximum absolute atomic E-state index is 16.0. The van der Waals surface area contributed by atoms with Crippen LogP contribution in [-0.2, 0) is 11.2 Å². The van der Waals surface area contributed by atoms with Gasteiger partial charge in [0.1, 0.15) is 40.4 Å². The van der Waals surface area contributed by atoms with Gasteiger partial charge in [-0.25, -0.2) is 13.2 Å². The minimum absolute atomic E-state index is 0.0252. The summed E-state index contributed by atoms with van der Waals surface area (Å²) in [6.45, 7) is 5.74. The van der Waals surface area contributed by atoms with Crippen LogP contribution < -0.4 is 9.64 Å². The van der Waals surface area contributed by atoms with Crippen LogP contribution in [0.2, 0.25) is 0 Å². The molecule has 6 heterocycles. The van der Waals surface area contributed by atoms with Gasteiger partial charge in [-0.1, -0.05) is 13.0 Å². The van der Waals surface area contributed by atoms with Crippen molar-refractivity contribution in [3.8, 4) is 23.0 Å². The van der Waals surface area contributed by atoms with E-state index in [-0.39, 0.29) is 34.4 Å². The Hall–Kier alpha value is -3.70. The van der Waals surface area contributed by atoms with Crippen molar-refractivity contribution in [3.05, 3.63) is 47.7 Å². The number of hydrogen-bond donors (Lipinski definition) is 1. The molecular formula is C32H34F3N5O3. The molecule has 4 aliphatic rings. The largest absolute Gasteiger partial charge is 0.508 e. The number of pyridine rings is 1. The molecule has 2 unspecified atom stereocenters. The Morgan fingerprint density at radius 3 is 2.70 bits per heavy atom. The van der Waals surface area contributed by atoms with E-state index in [1.807, 2.05) is 11.8 Å². The monoisotopic (exact) mass is 593 g/mol. The van der Waals surface area contributed by atoms with Crippen molar-refractivity contribution in [1.82, 2.24) is 19.9 Å². The molecule has 2 atom stereocenters. The van der Waals surface area contributed by atoms with E-state index in [1.165, 1.54) is 44.3 Å². The van der Waals surface area contributed by atoms with Crippen LogP contribution in [0.3, 0.4) is 0 Å². The molecule has 0 bridgehead atoms. The van der Waals surface area contributed by atoms with Crippen LogP contribution >= 0.6 is 0 Å². The number of methoxy groups -OCH3 is 1. The molecule has 1 N–H and O–H groups in total. The standard InChI is InChI=1S/C25H22F2N4O3.C7H12FN/c1-3-15-18(26)5-4-13-8-14(32)9-16(19(13)15)21-20(27)22-17(10-28-21)23(30-24(29-22)33-2)31-11-25(12-31)6-7-34-25;8-6-4-7-2-1-3-9(7)5-6/h4-5,8-10,32H,3,6-7,11-12H2,1-2H3;6-7H,1-5H2. The highest BCUT2D eigenvalue weighted by Gasteiger charge is 2.50. The predicted molar refractivity (Wildman–Crippen MR) is 157 cm³/mol. The van der Waals surface area contributed by atoms with Crippen molar-refractivity contribution >= 4 is 27.5 Å². The molecule has 0 radical (unpaired) electrons. The van der Waals surface area contributed by atoms with Gasteiger partial charge in [0.25, 0.3) is 0 Å². The third kappa shape index (κ3) is 4.82. The number of nitrogens with zero attached hydrogens (tertiary/aromatic N) is 5. The van der Waals surface area contributed by atoms with Gasteiger partial charge in [-0.2, -0.15) is 9.97 Å². The van der Waals surface area contributed by atoms with Crippen molar-refractivity contribution in [1.29, 1.82) is 0 Å². The van der Waals surface area contributed by atoms with Gasteiger partial charge in [-0.3, -0.25) is 9.88 Å². The van der Waals surface area contributed by atoms with Crippen LogP contribution in [-0.4, -0.2) is 82.7 Å². The average molecular weight is 594 g/mol. The molecule has 2 aromatic carbocycles. The SMILES string of the molecule is CCc1c(F)ccc2cc(O)cc(-c3ncc4c(N5CC6(CCO6)C5)nc(OC)nc4c3F)c12.FC1CC2CCCN2C1. The molecule has 8 rings (SSSR count). The number of fused-ring (bicyclic) bond motifs is 3. The maximum atomic E-state index is 16.0. The highest BCUT2D eigenvalue weighted by atomic mass is 19.1. The maximum Gasteiger partial charge on any atom is 0.318 e. The highest BCUT2D eigenvalue weighted by molar-refractivity contribution is 6.01. The first kappa shape index (κ1) is 28.1. The van der Waals surface area contributed by atoms with Gasteiger partial charge in [0.05, 0.1) is 32.2 Å². The number of benzene rings is 2. The van der Waals surface area contributed by atoms with Gasteiger partial charge in [0, 0.05) is 30.8 Å². The Morgan fingerprint density at radius 1 is 1.19 bits per heavy atom. The van der Waals surface area contributed by atoms with Crippen molar-refractivity contribution in [2.75, 3.05) is 44.8 Å². The quantitative estimate of drug-likeness (QED) is 0.329. The molecule has 0 saturated carbocycles. The molecule has 8 nitrogen and oxygen atoms in total. The summed E-state index contributed by atoms with van der Waals surface area (Å²) in [6.07, 6.45) is 5.72. The lowest BCUT2D eigenvalue weighted by Crippen LogP contribution is -2.68. The summed E-state index contributed by atoms with van der Waals surface area (Å²) in [5.41, 5.74) is 0.616. The van der Waals surface area contributed by atoms with E-state index in [0.29, 0.717) is 65.2 Å². The van der Waals surface area contributed by atoms with Crippen molar-refractivity contribution in [3.63, 3.8) is 0 Å². The lowest BCUT2D eigenvalue weighted by atomic mass is 9.86. The fourth-order valence-corrected chi connectivity index (χ4v) is 7.04. The molecule has 4 fully saturated rings. The van der Waals surface area contributed by atoms with Crippen molar-refractivity contribution in [2.24, 2.45) is 0 Å². The van der Waals surface area contributed by atoms with E-state index in [2.05, 4.69) is 19.9 Å². The number of anilines is 1. The molecule has 0 aliphatic carbocycles. The summed E-state index contributed by atoms with van der Waals surface area (Å²) < 4.78 is 54.2. The van der Waals surface area contributed by atoms with Gasteiger partial charge in [-0.05, 0) is 66.8 Å². The van der Waals surface area contributed by atoms with E-state index in [0.717, 1.165) is 26.0 Å². The van der Waals surface area contributed by atoms with Crippen LogP contribution in [0, 0.1) is 11.6 Å². The Morgan fingerprint density at radius 2 is 2.00 bits per heavy atom. The van der Waals surface area contributed by atoms with Gasteiger partial charge in [0.2, 0.25) is 0 Å². The third-order valence-electron chi connectivity index (χ3n) is 9.27. The molecule has 4 aliphatic heterocycles. The number of phenolic OH excluding ortho intramolecular Hbond substituents is 1. The van der Waals surface area contributed by atoms with Crippen molar-refractivity contribution in [2.45, 2.75) is 56.8 Å². The number of rotatable bonds is 4. The van der Waals surface area contributed by atoms with Crippen molar-refractivity contribution < 1.29 is 27.8 Å². The number of aromatic hydroxyl groups is 1. The summed E-state index contributed by atoms with van der Waals surface area (Å²) in [5.74, 6) is -0.612. The number of aromatic nitrogens is 3. The zero-order valence-electron chi connectivity index (χ0n) is 24.2. The first-order valence-electron chi connectivity index (χ1n) is 14.9. The molecule has 4 aromatic rings. The summed E-state index contributed by atoms with van der Waals surface area (Å²) >= 11 is 0. The Kier molecular flexibility index (Phi) is 7.04. The first-order chi connectivity index (χ1) is 20.8. The number of ether oxygens (including phenoxy) is 2. The number of halogens is 3. The van der Waals surface area contributed by atoms with E-state index in [1.54, 1.807) is 6.07 Å². The molecule has 1 spiro atoms. The number of hydrogen-bond acceptors (Lipinski definition) is 8. The minimum Gasteiger partial charge on any atom is -0.508 e. The lowest BCUT2D eigenvalue weighted by molar-refractivity contribution is -0.161. The second-order valence-electron chi connectivity index (χ2n) is 11.9. The predicted octanol–water partition coefficient (Wildman–Crippen LogP) is 5.57. The smallest absolute Gasteiger partial charge is 0.318 e. The molecule has 11 heteroatoms. The number of phenols is 1. The van der Waals surface area contributed by atoms with E-state index in [4.69, 9.17) is 9.47 Å². The van der Waals surface area contributed by atoms with Crippen LogP contribution in [0.25, 0.3) is 32.9 Å². The van der Waals surface area contributed by atoms with Crippen LogP contribution in [0.15, 0.2) is 30.5 Å². The van der Waals surface area contributed by atoms with Crippen LogP contribution in [0.5, 0.6) is 11.8 Å². The fourth-order valence-electron chi connectivity index (χ4n) is 7.04. The van der Waals surface area contributed by atoms with Crippen LogP contribution in [0.1, 0.15) is 38.2 Å². The molecule has 43 heavy (non-hydrogen) atoms. The molecular weight excluding hydrogens is 559 g/mol. The number of alkyl halides is 1. The second kappa shape index (κ2) is 10.8. The normalized spacial score (nSPS) is 22.3. The molecule has 0 amide bonds. The summed E-state index contributed by atoms with van der Waals surface area (Å²) in [6, 6.07) is 6.50. The highest BCUT2D eigenvalue weighted by Crippen LogP contribution is 2.42. The zero-order chi connectivity index (χ0) is 29.9.